The first kappa shape index (κ1) is 20.9. The number of nitrogens with zero attached hydrogens (tertiary/aromatic N) is 1. The molecule has 1 aromatic heterocycles. The summed E-state index contributed by atoms with van der Waals surface area (Å²) < 4.78 is 10.4. The van der Waals surface area contributed by atoms with Crippen molar-refractivity contribution in [2.75, 3.05) is 40.0 Å². The van der Waals surface area contributed by atoms with E-state index in [9.17, 15) is 0 Å². The molecule has 1 atom stereocenters. The average Bonchev–Trinajstić information content (AvgIpc) is 2.94. The van der Waals surface area contributed by atoms with E-state index < -0.39 is 0 Å². The summed E-state index contributed by atoms with van der Waals surface area (Å²) in [6.45, 7) is 10.2. The van der Waals surface area contributed by atoms with E-state index >= 15 is 0 Å². The maximum atomic E-state index is 5.46. The van der Waals surface area contributed by atoms with Crippen LogP contribution in [0, 0.1) is 6.92 Å². The number of hydrogen-bond donors (Lipinski definition) is 2. The molecule has 6 heteroatoms. The number of unbranched alkanes of at least 4 members (excludes halogenated alkanes) is 1. The minimum absolute atomic E-state index is 0.359. The monoisotopic (exact) mass is 355 g/mol. The molecule has 0 fully saturated rings. The van der Waals surface area contributed by atoms with Gasteiger partial charge < -0.3 is 20.1 Å². The fourth-order valence-electron chi connectivity index (χ4n) is 2.25. The Bertz CT molecular complexity index is 463. The summed E-state index contributed by atoms with van der Waals surface area (Å²) in [6.07, 6.45) is 3.08. The van der Waals surface area contributed by atoms with Gasteiger partial charge in [0.25, 0.3) is 0 Å². The van der Waals surface area contributed by atoms with Crippen LogP contribution in [0.25, 0.3) is 0 Å². The molecule has 0 bridgehead atoms. The third kappa shape index (κ3) is 9.90. The van der Waals surface area contributed by atoms with E-state index in [0.29, 0.717) is 19.3 Å². The van der Waals surface area contributed by atoms with Crippen LogP contribution in [0.15, 0.2) is 17.1 Å². The smallest absolute Gasteiger partial charge is 0.191 e. The van der Waals surface area contributed by atoms with E-state index in [1.165, 1.54) is 9.75 Å². The molecule has 0 aromatic carbocycles. The highest BCUT2D eigenvalue weighted by Gasteiger charge is 2.07. The Balaban J connectivity index is 2.26. The molecule has 0 radical (unpaired) electrons. The number of thiophene rings is 1. The van der Waals surface area contributed by atoms with Crippen molar-refractivity contribution in [2.45, 2.75) is 46.1 Å². The first-order valence-electron chi connectivity index (χ1n) is 8.82. The van der Waals surface area contributed by atoms with Crippen molar-refractivity contribution in [1.82, 2.24) is 10.6 Å². The largest absolute Gasteiger partial charge is 0.382 e. The molecule has 0 saturated heterocycles. The number of ether oxygens (including phenoxy) is 2. The van der Waals surface area contributed by atoms with Crippen molar-refractivity contribution in [1.29, 1.82) is 0 Å². The van der Waals surface area contributed by atoms with Crippen molar-refractivity contribution in [3.63, 3.8) is 0 Å². The van der Waals surface area contributed by atoms with Crippen LogP contribution in [-0.2, 0) is 15.9 Å². The van der Waals surface area contributed by atoms with Gasteiger partial charge in [-0.2, -0.15) is 0 Å². The first-order chi connectivity index (χ1) is 11.7. The van der Waals surface area contributed by atoms with E-state index in [1.54, 1.807) is 7.11 Å². The molecule has 138 valence electrons. The van der Waals surface area contributed by atoms with Crippen LogP contribution in [0.2, 0.25) is 0 Å². The molecule has 0 aliphatic rings. The molecule has 24 heavy (non-hydrogen) atoms. The molecule has 0 saturated carbocycles. The van der Waals surface area contributed by atoms with E-state index in [4.69, 9.17) is 9.47 Å². The van der Waals surface area contributed by atoms with Crippen LogP contribution in [0.5, 0.6) is 0 Å². The molecular weight excluding hydrogens is 322 g/mol. The summed E-state index contributed by atoms with van der Waals surface area (Å²) in [6, 6.07) is 4.75. The highest BCUT2D eigenvalue weighted by Crippen LogP contribution is 2.16. The van der Waals surface area contributed by atoms with E-state index in [0.717, 1.165) is 44.9 Å². The lowest BCUT2D eigenvalue weighted by molar-refractivity contribution is 0.0690. The van der Waals surface area contributed by atoms with Crippen molar-refractivity contribution in [3.8, 4) is 0 Å². The van der Waals surface area contributed by atoms with Gasteiger partial charge in [-0.05, 0) is 45.7 Å². The number of rotatable bonds is 12. The molecule has 0 aliphatic heterocycles. The average molecular weight is 356 g/mol. The maximum Gasteiger partial charge on any atom is 0.191 e. The van der Waals surface area contributed by atoms with Gasteiger partial charge in [-0.15, -0.1) is 11.3 Å². The quantitative estimate of drug-likeness (QED) is 0.344. The SMILES string of the molecule is CCNC(=NCCCCOCCOC)NC(C)Cc1ccc(C)s1. The normalized spacial score (nSPS) is 13.1. The minimum atomic E-state index is 0.359. The van der Waals surface area contributed by atoms with Crippen LogP contribution in [0.4, 0.5) is 0 Å². The molecule has 1 unspecified atom stereocenters. The van der Waals surface area contributed by atoms with Gasteiger partial charge in [0.15, 0.2) is 5.96 Å². The van der Waals surface area contributed by atoms with Gasteiger partial charge in [-0.1, -0.05) is 0 Å². The van der Waals surface area contributed by atoms with Crippen LogP contribution in [-0.4, -0.2) is 52.0 Å². The Kier molecular flexibility index (Phi) is 11.5. The summed E-state index contributed by atoms with van der Waals surface area (Å²) in [5, 5.41) is 6.81. The van der Waals surface area contributed by atoms with Crippen molar-refractivity contribution in [2.24, 2.45) is 4.99 Å². The van der Waals surface area contributed by atoms with Gasteiger partial charge in [0, 0.05) is 49.0 Å². The molecular formula is C18H33N3O2S. The summed E-state index contributed by atoms with van der Waals surface area (Å²) in [5.41, 5.74) is 0. The van der Waals surface area contributed by atoms with Crippen LogP contribution in [0.1, 0.15) is 36.4 Å². The zero-order chi connectivity index (χ0) is 17.6. The Morgan fingerprint density at radius 3 is 2.75 bits per heavy atom. The lowest BCUT2D eigenvalue weighted by atomic mass is 10.2. The molecule has 1 rings (SSSR count). The van der Waals surface area contributed by atoms with Crippen molar-refractivity contribution in [3.05, 3.63) is 21.9 Å². The zero-order valence-electron chi connectivity index (χ0n) is 15.6. The number of methoxy groups -OCH3 is 1. The molecule has 0 amide bonds. The fourth-order valence-corrected chi connectivity index (χ4v) is 3.27. The first-order valence-corrected chi connectivity index (χ1v) is 9.64. The highest BCUT2D eigenvalue weighted by atomic mass is 32.1. The predicted octanol–water partition coefficient (Wildman–Crippen LogP) is 2.99. The van der Waals surface area contributed by atoms with Gasteiger partial charge in [-0.3, -0.25) is 4.99 Å². The molecule has 1 heterocycles. The van der Waals surface area contributed by atoms with Crippen molar-refractivity contribution >= 4 is 17.3 Å². The van der Waals surface area contributed by atoms with Gasteiger partial charge in [0.1, 0.15) is 0 Å². The molecule has 1 aromatic rings. The molecule has 5 nitrogen and oxygen atoms in total. The van der Waals surface area contributed by atoms with Gasteiger partial charge in [0.05, 0.1) is 13.2 Å². The zero-order valence-corrected chi connectivity index (χ0v) is 16.4. The Labute approximate surface area is 150 Å². The standard InChI is InChI=1S/C18H33N3O2S/c1-5-19-18(20-10-6-7-11-23-13-12-22-4)21-15(2)14-17-9-8-16(3)24-17/h8-9,15H,5-7,10-14H2,1-4H3,(H2,19,20,21). The number of nitrogens with one attached hydrogen (secondary N) is 2. The van der Waals surface area contributed by atoms with E-state index in [1.807, 2.05) is 11.3 Å². The number of aryl methyl sites for hydroxylation is 1. The van der Waals surface area contributed by atoms with E-state index in [2.05, 4.69) is 48.5 Å². The second-order valence-electron chi connectivity index (χ2n) is 5.83. The Morgan fingerprint density at radius 1 is 1.25 bits per heavy atom. The van der Waals surface area contributed by atoms with Crippen LogP contribution < -0.4 is 10.6 Å². The lowest BCUT2D eigenvalue weighted by Gasteiger charge is -2.17. The molecule has 2 N–H and O–H groups in total. The molecule has 0 aliphatic carbocycles. The Hall–Kier alpha value is -1.11. The Morgan fingerprint density at radius 2 is 2.08 bits per heavy atom. The number of guanidine groups is 1. The summed E-state index contributed by atoms with van der Waals surface area (Å²) >= 11 is 1.87. The summed E-state index contributed by atoms with van der Waals surface area (Å²) in [5.74, 6) is 0.901. The number of aliphatic imine (C=N–C) groups is 1. The fraction of sp³-hybridized carbons (Fsp3) is 0.722. The second-order valence-corrected chi connectivity index (χ2v) is 7.21. The third-order valence-corrected chi connectivity index (χ3v) is 4.45. The van der Waals surface area contributed by atoms with Crippen LogP contribution in [0.3, 0.4) is 0 Å². The van der Waals surface area contributed by atoms with Gasteiger partial charge in [0.2, 0.25) is 0 Å². The maximum absolute atomic E-state index is 5.46. The topological polar surface area (TPSA) is 54.9 Å². The summed E-state index contributed by atoms with van der Waals surface area (Å²) in [4.78, 5) is 7.43. The third-order valence-electron chi connectivity index (χ3n) is 3.43. The number of hydrogen-bond acceptors (Lipinski definition) is 4. The minimum Gasteiger partial charge on any atom is -0.382 e. The molecule has 0 spiro atoms. The lowest BCUT2D eigenvalue weighted by Crippen LogP contribution is -2.43. The second kappa shape index (κ2) is 13.2. The predicted molar refractivity (Wildman–Crippen MR) is 103 cm³/mol. The van der Waals surface area contributed by atoms with Gasteiger partial charge >= 0.3 is 0 Å². The van der Waals surface area contributed by atoms with Crippen LogP contribution >= 0.6 is 11.3 Å². The van der Waals surface area contributed by atoms with Gasteiger partial charge in [-0.25, -0.2) is 0 Å². The highest BCUT2D eigenvalue weighted by molar-refractivity contribution is 7.11. The van der Waals surface area contributed by atoms with Crippen molar-refractivity contribution < 1.29 is 9.47 Å². The summed E-state index contributed by atoms with van der Waals surface area (Å²) in [7, 11) is 1.69. The van der Waals surface area contributed by atoms with E-state index in [-0.39, 0.29) is 0 Å².